The molecule has 0 aliphatic carbocycles. The van der Waals surface area contributed by atoms with Gasteiger partial charge in [0.15, 0.2) is 0 Å². The van der Waals surface area contributed by atoms with Gasteiger partial charge in [0, 0.05) is 0 Å². The van der Waals surface area contributed by atoms with Crippen molar-refractivity contribution in [1.82, 2.24) is 0 Å². The molecule has 0 bridgehead atoms. The number of benzene rings is 1. The van der Waals surface area contributed by atoms with Gasteiger partial charge >= 0.3 is 12.3 Å². The number of nitrogens with one attached hydrogen (secondary N) is 1. The zero-order valence-corrected chi connectivity index (χ0v) is 8.06. The van der Waals surface area contributed by atoms with Crippen molar-refractivity contribution >= 4 is 11.8 Å². The molecule has 1 rings (SSSR count). The number of carbonyl (C=O) groups excluding carboxylic acids is 1. The molecule has 1 amide bonds. The lowest BCUT2D eigenvalue weighted by Crippen LogP contribution is -2.13. The maximum absolute atomic E-state index is 13.0. The molecule has 3 nitrogen and oxygen atoms in total. The number of methoxy groups -OCH3 is 1. The van der Waals surface area contributed by atoms with E-state index in [1.807, 2.05) is 5.32 Å². The molecule has 0 atom stereocenters. The highest BCUT2D eigenvalue weighted by Crippen LogP contribution is 2.31. The first kappa shape index (κ1) is 12.3. The third-order valence-electron chi connectivity index (χ3n) is 1.72. The largest absolute Gasteiger partial charge is 0.453 e. The molecule has 0 saturated heterocycles. The van der Waals surface area contributed by atoms with Crippen molar-refractivity contribution in [2.24, 2.45) is 0 Å². The summed E-state index contributed by atoms with van der Waals surface area (Å²) in [5.41, 5.74) is -1.64. The van der Waals surface area contributed by atoms with Crippen LogP contribution in [0.15, 0.2) is 18.2 Å². The number of alkyl halides is 3. The Bertz CT molecular complexity index is 403. The Hall–Kier alpha value is -1.79. The number of halogens is 4. The average molecular weight is 237 g/mol. The number of rotatable bonds is 1. The molecular weight excluding hydrogens is 230 g/mol. The molecule has 1 N–H and O–H groups in total. The van der Waals surface area contributed by atoms with Crippen LogP contribution in [0.2, 0.25) is 0 Å². The van der Waals surface area contributed by atoms with Crippen LogP contribution in [-0.4, -0.2) is 13.2 Å². The molecule has 0 aromatic heterocycles. The maximum atomic E-state index is 13.0. The van der Waals surface area contributed by atoms with Crippen LogP contribution in [-0.2, 0) is 10.9 Å². The highest BCUT2D eigenvalue weighted by atomic mass is 19.4. The van der Waals surface area contributed by atoms with Crippen molar-refractivity contribution in [1.29, 1.82) is 0 Å². The Morgan fingerprint density at radius 1 is 1.38 bits per heavy atom. The van der Waals surface area contributed by atoms with Gasteiger partial charge in [-0.3, -0.25) is 5.32 Å². The number of ether oxygens (including phenoxy) is 1. The minimum atomic E-state index is -4.60. The first-order chi connectivity index (χ1) is 7.34. The van der Waals surface area contributed by atoms with Crippen molar-refractivity contribution < 1.29 is 27.1 Å². The van der Waals surface area contributed by atoms with E-state index in [1.54, 1.807) is 0 Å². The van der Waals surface area contributed by atoms with Crippen LogP contribution in [0.3, 0.4) is 0 Å². The summed E-state index contributed by atoms with van der Waals surface area (Å²) in [6.45, 7) is 0. The molecule has 0 aliphatic rings. The van der Waals surface area contributed by atoms with Gasteiger partial charge < -0.3 is 4.74 Å². The third-order valence-corrected chi connectivity index (χ3v) is 1.72. The van der Waals surface area contributed by atoms with Crippen molar-refractivity contribution in [2.75, 3.05) is 12.4 Å². The van der Waals surface area contributed by atoms with Gasteiger partial charge in [0.1, 0.15) is 5.82 Å². The highest BCUT2D eigenvalue weighted by molar-refractivity contribution is 5.84. The highest BCUT2D eigenvalue weighted by Gasteiger charge is 2.31. The minimum Gasteiger partial charge on any atom is -0.453 e. The molecule has 0 radical (unpaired) electrons. The molecule has 0 heterocycles. The molecule has 0 unspecified atom stereocenters. The molecule has 0 fully saturated rings. The molecule has 1 aromatic carbocycles. The summed E-state index contributed by atoms with van der Waals surface area (Å²) in [6, 6.07) is 1.69. The van der Waals surface area contributed by atoms with E-state index in [2.05, 4.69) is 4.74 Å². The first-order valence-corrected chi connectivity index (χ1v) is 4.06. The predicted molar refractivity (Wildman–Crippen MR) is 47.4 cm³/mol. The van der Waals surface area contributed by atoms with Crippen LogP contribution in [0.4, 0.5) is 28.0 Å². The Morgan fingerprint density at radius 3 is 2.50 bits per heavy atom. The molecule has 88 valence electrons. The Kier molecular flexibility index (Phi) is 3.36. The molecule has 0 aliphatic heterocycles. The van der Waals surface area contributed by atoms with Gasteiger partial charge in [0.2, 0.25) is 0 Å². The number of carbonyl (C=O) groups is 1. The maximum Gasteiger partial charge on any atom is 0.416 e. The quantitative estimate of drug-likeness (QED) is 0.762. The normalized spacial score (nSPS) is 11.1. The Morgan fingerprint density at radius 2 is 2.00 bits per heavy atom. The summed E-state index contributed by atoms with van der Waals surface area (Å²) in [7, 11) is 1.01. The van der Waals surface area contributed by atoms with Crippen LogP contribution in [0.1, 0.15) is 5.56 Å². The zero-order valence-electron chi connectivity index (χ0n) is 8.06. The van der Waals surface area contributed by atoms with Crippen molar-refractivity contribution in [3.63, 3.8) is 0 Å². The second kappa shape index (κ2) is 4.38. The lowest BCUT2D eigenvalue weighted by Gasteiger charge is -2.10. The van der Waals surface area contributed by atoms with E-state index in [4.69, 9.17) is 0 Å². The van der Waals surface area contributed by atoms with E-state index in [1.165, 1.54) is 0 Å². The van der Waals surface area contributed by atoms with E-state index >= 15 is 0 Å². The van der Waals surface area contributed by atoms with Crippen LogP contribution >= 0.6 is 0 Å². The zero-order chi connectivity index (χ0) is 12.3. The van der Waals surface area contributed by atoms with Gasteiger partial charge in [0.05, 0.1) is 18.4 Å². The summed E-state index contributed by atoms with van der Waals surface area (Å²) >= 11 is 0. The molecule has 0 spiro atoms. The standard InChI is InChI=1S/C9H7F4NO2/c1-16-8(15)14-7-4-5(9(11,12)13)2-3-6(7)10/h2-4H,1H3,(H,14,15). The fourth-order valence-corrected chi connectivity index (χ4v) is 0.958. The van der Waals surface area contributed by atoms with Gasteiger partial charge in [-0.05, 0) is 18.2 Å². The lowest BCUT2D eigenvalue weighted by atomic mass is 10.2. The Balaban J connectivity index is 3.04. The van der Waals surface area contributed by atoms with E-state index in [9.17, 15) is 22.4 Å². The summed E-state index contributed by atoms with van der Waals surface area (Å²) in [4.78, 5) is 10.7. The van der Waals surface area contributed by atoms with Crippen molar-refractivity contribution in [3.05, 3.63) is 29.6 Å². The van der Waals surface area contributed by atoms with Gasteiger partial charge in [0.25, 0.3) is 0 Å². The molecule has 7 heteroatoms. The fraction of sp³-hybridized carbons (Fsp3) is 0.222. The number of hydrogen-bond donors (Lipinski definition) is 1. The number of amides is 1. The van der Waals surface area contributed by atoms with Crippen LogP contribution in [0.25, 0.3) is 0 Å². The molecule has 1 aromatic rings. The van der Waals surface area contributed by atoms with Crippen LogP contribution in [0, 0.1) is 5.82 Å². The van der Waals surface area contributed by atoms with Gasteiger partial charge in [-0.15, -0.1) is 0 Å². The van der Waals surface area contributed by atoms with Crippen LogP contribution < -0.4 is 5.32 Å². The monoisotopic (exact) mass is 237 g/mol. The smallest absolute Gasteiger partial charge is 0.416 e. The van der Waals surface area contributed by atoms with Crippen molar-refractivity contribution in [2.45, 2.75) is 6.18 Å². The lowest BCUT2D eigenvalue weighted by molar-refractivity contribution is -0.137. The molecular formula is C9H7F4NO2. The topological polar surface area (TPSA) is 38.3 Å². The Labute approximate surface area is 88.0 Å². The molecule has 0 saturated carbocycles. The first-order valence-electron chi connectivity index (χ1n) is 4.06. The van der Waals surface area contributed by atoms with E-state index < -0.39 is 29.3 Å². The average Bonchev–Trinajstić information content (AvgIpc) is 2.19. The SMILES string of the molecule is COC(=O)Nc1cc(C(F)(F)F)ccc1F. The number of hydrogen-bond acceptors (Lipinski definition) is 2. The van der Waals surface area contributed by atoms with E-state index in [0.717, 1.165) is 7.11 Å². The van der Waals surface area contributed by atoms with E-state index in [-0.39, 0.29) is 0 Å². The third kappa shape index (κ3) is 2.85. The van der Waals surface area contributed by atoms with Crippen molar-refractivity contribution in [3.8, 4) is 0 Å². The summed E-state index contributed by atoms with van der Waals surface area (Å²) in [5, 5.41) is 1.84. The number of anilines is 1. The summed E-state index contributed by atoms with van der Waals surface area (Å²) in [5.74, 6) is -0.974. The minimum absolute atomic E-state index is 0.492. The van der Waals surface area contributed by atoms with Gasteiger partial charge in [-0.1, -0.05) is 0 Å². The predicted octanol–water partition coefficient (Wildman–Crippen LogP) is 3.02. The van der Waals surface area contributed by atoms with Crippen LogP contribution in [0.5, 0.6) is 0 Å². The van der Waals surface area contributed by atoms with E-state index in [0.29, 0.717) is 18.2 Å². The van der Waals surface area contributed by atoms with Gasteiger partial charge in [-0.25, -0.2) is 9.18 Å². The molecule has 16 heavy (non-hydrogen) atoms. The summed E-state index contributed by atoms with van der Waals surface area (Å²) in [6.07, 6.45) is -5.64. The second-order valence-electron chi connectivity index (χ2n) is 2.81. The fourth-order valence-electron chi connectivity index (χ4n) is 0.958. The second-order valence-corrected chi connectivity index (χ2v) is 2.81. The summed E-state index contributed by atoms with van der Waals surface area (Å²) < 4.78 is 53.9. The van der Waals surface area contributed by atoms with Gasteiger partial charge in [-0.2, -0.15) is 13.2 Å².